The average molecular weight is 361 g/mol. The Morgan fingerprint density at radius 2 is 1.81 bits per heavy atom. The second-order valence-corrected chi connectivity index (χ2v) is 8.85. The molecule has 0 nitrogen and oxygen atoms in total. The summed E-state index contributed by atoms with van der Waals surface area (Å²) in [5.74, 6) is 1.52. The van der Waals surface area contributed by atoms with E-state index in [-0.39, 0.29) is 5.41 Å². The number of fused-ring (bicyclic) bond motifs is 1. The van der Waals surface area contributed by atoms with Gasteiger partial charge in [-0.2, -0.15) is 0 Å². The van der Waals surface area contributed by atoms with Crippen LogP contribution in [-0.4, -0.2) is 0 Å². The average Bonchev–Trinajstić information content (AvgIpc) is 2.70. The highest BCUT2D eigenvalue weighted by molar-refractivity contribution is 5.79. The van der Waals surface area contributed by atoms with E-state index < -0.39 is 0 Å². The molecule has 0 spiro atoms. The van der Waals surface area contributed by atoms with Crippen molar-refractivity contribution in [1.29, 1.82) is 0 Å². The lowest BCUT2D eigenvalue weighted by atomic mass is 9.71. The Bertz CT molecular complexity index is 758. The summed E-state index contributed by atoms with van der Waals surface area (Å²) in [5, 5.41) is 0. The van der Waals surface area contributed by atoms with Gasteiger partial charge in [0.25, 0.3) is 0 Å². The normalized spacial score (nSPS) is 25.2. The number of benzene rings is 1. The molecule has 2 aliphatic carbocycles. The minimum atomic E-state index is 0.169. The summed E-state index contributed by atoms with van der Waals surface area (Å²) >= 11 is 0. The van der Waals surface area contributed by atoms with Crippen LogP contribution < -0.4 is 0 Å². The molecule has 0 aromatic heterocycles. The molecule has 2 aliphatic rings. The van der Waals surface area contributed by atoms with E-state index in [1.165, 1.54) is 48.0 Å². The third kappa shape index (κ3) is 4.92. The van der Waals surface area contributed by atoms with Crippen molar-refractivity contribution in [2.45, 2.75) is 66.2 Å². The molecule has 0 saturated heterocycles. The largest absolute Gasteiger partial charge is 0.0801 e. The van der Waals surface area contributed by atoms with Crippen molar-refractivity contribution >= 4 is 11.6 Å². The molecular weight excluding hydrogens is 324 g/mol. The predicted molar refractivity (Wildman–Crippen MR) is 120 cm³/mol. The highest BCUT2D eigenvalue weighted by Crippen LogP contribution is 2.43. The molecule has 0 N–H and O–H groups in total. The summed E-state index contributed by atoms with van der Waals surface area (Å²) in [6.07, 6.45) is 21.9. The fourth-order valence-corrected chi connectivity index (χ4v) is 4.38. The molecule has 144 valence electrons. The maximum atomic E-state index is 2.61. The molecule has 0 heterocycles. The van der Waals surface area contributed by atoms with Crippen LogP contribution in [-0.2, 0) is 0 Å². The molecule has 0 bridgehead atoms. The van der Waals surface area contributed by atoms with Crippen molar-refractivity contribution in [2.24, 2.45) is 17.3 Å². The van der Waals surface area contributed by atoms with Gasteiger partial charge in [0.1, 0.15) is 0 Å². The summed E-state index contributed by atoms with van der Waals surface area (Å²) in [6, 6.07) is 8.85. The monoisotopic (exact) mass is 360 g/mol. The van der Waals surface area contributed by atoms with E-state index in [4.69, 9.17) is 0 Å². The Balaban J connectivity index is 1.90. The molecular formula is C27H36. The van der Waals surface area contributed by atoms with Gasteiger partial charge in [0.2, 0.25) is 0 Å². The Hall–Kier alpha value is -1.82. The number of hydrogen-bond donors (Lipinski definition) is 0. The quantitative estimate of drug-likeness (QED) is 0.459. The lowest BCUT2D eigenvalue weighted by Gasteiger charge is -2.34. The van der Waals surface area contributed by atoms with E-state index in [0.29, 0.717) is 0 Å². The van der Waals surface area contributed by atoms with Crippen LogP contribution in [0.5, 0.6) is 0 Å². The smallest absolute Gasteiger partial charge is 0.0107 e. The van der Waals surface area contributed by atoms with Gasteiger partial charge in [0.15, 0.2) is 0 Å². The second kappa shape index (κ2) is 8.91. The Labute approximate surface area is 166 Å². The molecule has 0 amide bonds. The number of hydrogen-bond acceptors (Lipinski definition) is 0. The van der Waals surface area contributed by atoms with Crippen LogP contribution in [0.25, 0.3) is 11.6 Å². The highest BCUT2D eigenvalue weighted by Gasteiger charge is 2.29. The molecule has 27 heavy (non-hydrogen) atoms. The third-order valence-corrected chi connectivity index (χ3v) is 6.48. The van der Waals surface area contributed by atoms with Gasteiger partial charge in [0, 0.05) is 5.41 Å². The zero-order valence-electron chi connectivity index (χ0n) is 17.7. The van der Waals surface area contributed by atoms with Gasteiger partial charge in [-0.1, -0.05) is 107 Å². The van der Waals surface area contributed by atoms with Gasteiger partial charge in [-0.3, -0.25) is 0 Å². The molecule has 3 unspecified atom stereocenters. The van der Waals surface area contributed by atoms with Gasteiger partial charge in [-0.25, -0.2) is 0 Å². The predicted octanol–water partition coefficient (Wildman–Crippen LogP) is 8.23. The fraction of sp³-hybridized carbons (Fsp3) is 0.481. The van der Waals surface area contributed by atoms with Crippen molar-refractivity contribution < 1.29 is 0 Å². The molecule has 3 atom stereocenters. The zero-order valence-corrected chi connectivity index (χ0v) is 17.7. The van der Waals surface area contributed by atoms with Crippen molar-refractivity contribution in [1.82, 2.24) is 0 Å². The molecule has 0 saturated carbocycles. The van der Waals surface area contributed by atoms with Gasteiger partial charge >= 0.3 is 0 Å². The van der Waals surface area contributed by atoms with E-state index in [2.05, 4.69) is 88.4 Å². The van der Waals surface area contributed by atoms with Crippen LogP contribution in [0.15, 0.2) is 60.2 Å². The molecule has 0 aliphatic heterocycles. The molecule has 0 radical (unpaired) electrons. The van der Waals surface area contributed by atoms with Crippen molar-refractivity contribution in [3.05, 3.63) is 71.3 Å². The number of rotatable bonds is 7. The van der Waals surface area contributed by atoms with E-state index >= 15 is 0 Å². The van der Waals surface area contributed by atoms with Crippen LogP contribution in [0.4, 0.5) is 0 Å². The Morgan fingerprint density at radius 1 is 1.04 bits per heavy atom. The van der Waals surface area contributed by atoms with Crippen LogP contribution in [0, 0.1) is 17.3 Å². The minimum absolute atomic E-state index is 0.169. The Morgan fingerprint density at radius 3 is 2.52 bits per heavy atom. The second-order valence-electron chi connectivity index (χ2n) is 8.85. The van der Waals surface area contributed by atoms with Crippen LogP contribution in [0.1, 0.15) is 77.3 Å². The van der Waals surface area contributed by atoms with Gasteiger partial charge in [0.05, 0.1) is 0 Å². The maximum Gasteiger partial charge on any atom is 0.0107 e. The topological polar surface area (TPSA) is 0 Å². The maximum absolute atomic E-state index is 2.61. The summed E-state index contributed by atoms with van der Waals surface area (Å²) < 4.78 is 0. The zero-order chi connectivity index (χ0) is 19.3. The summed E-state index contributed by atoms with van der Waals surface area (Å²) in [4.78, 5) is 0. The molecule has 1 aromatic carbocycles. The fourth-order valence-electron chi connectivity index (χ4n) is 4.38. The first-order chi connectivity index (χ1) is 13.0. The lowest BCUT2D eigenvalue weighted by molar-refractivity contribution is 0.352. The molecule has 0 fully saturated rings. The van der Waals surface area contributed by atoms with Crippen molar-refractivity contribution in [3.8, 4) is 0 Å². The van der Waals surface area contributed by atoms with Crippen molar-refractivity contribution in [2.75, 3.05) is 0 Å². The van der Waals surface area contributed by atoms with Crippen LogP contribution >= 0.6 is 0 Å². The SMILES string of the molecule is CCC(C)CC1=CCC(C=C2CC=Cc3ccccc32)(CC(C)CC)C=C1. The Kier molecular flexibility index (Phi) is 6.58. The van der Waals surface area contributed by atoms with Crippen LogP contribution in [0.3, 0.4) is 0 Å². The first kappa shape index (κ1) is 19.9. The first-order valence-electron chi connectivity index (χ1n) is 10.9. The highest BCUT2D eigenvalue weighted by atomic mass is 14.3. The molecule has 3 rings (SSSR count). The standard InChI is InChI=1S/C27H36/c1-5-21(3)18-23-14-16-27(17-15-23,19-22(4)6-2)20-25-12-9-11-24-10-7-8-13-26(24)25/h7-11,13-16,20-22H,5-6,12,17-19H2,1-4H3. The lowest BCUT2D eigenvalue weighted by Crippen LogP contribution is -2.21. The number of allylic oxidation sites excluding steroid dienone is 7. The summed E-state index contributed by atoms with van der Waals surface area (Å²) in [7, 11) is 0. The van der Waals surface area contributed by atoms with Gasteiger partial charge < -0.3 is 0 Å². The van der Waals surface area contributed by atoms with Gasteiger partial charge in [-0.15, -0.1) is 0 Å². The van der Waals surface area contributed by atoms with Gasteiger partial charge in [-0.05, 0) is 54.2 Å². The van der Waals surface area contributed by atoms with E-state index in [1.54, 1.807) is 0 Å². The van der Waals surface area contributed by atoms with E-state index in [0.717, 1.165) is 24.7 Å². The van der Waals surface area contributed by atoms with Crippen molar-refractivity contribution in [3.63, 3.8) is 0 Å². The molecule has 0 heteroatoms. The summed E-state index contributed by atoms with van der Waals surface area (Å²) in [6.45, 7) is 9.38. The van der Waals surface area contributed by atoms with Crippen LogP contribution in [0.2, 0.25) is 0 Å². The first-order valence-corrected chi connectivity index (χ1v) is 10.9. The summed E-state index contributed by atoms with van der Waals surface area (Å²) in [5.41, 5.74) is 5.99. The molecule has 1 aromatic rings. The minimum Gasteiger partial charge on any atom is -0.0801 e. The third-order valence-electron chi connectivity index (χ3n) is 6.48. The van der Waals surface area contributed by atoms with E-state index in [1.807, 2.05) is 0 Å². The van der Waals surface area contributed by atoms with E-state index in [9.17, 15) is 0 Å².